The van der Waals surface area contributed by atoms with E-state index >= 15 is 0 Å². The molecule has 0 saturated carbocycles. The highest BCUT2D eigenvalue weighted by molar-refractivity contribution is 6.35. The molecule has 0 radical (unpaired) electrons. The number of carbonyl (C=O) groups is 1. The fourth-order valence-corrected chi connectivity index (χ4v) is 0.913. The largest absolute Gasteiger partial charge is 0.294 e. The Hall–Kier alpha value is -1.29. The minimum absolute atomic E-state index is 0.170. The van der Waals surface area contributed by atoms with Gasteiger partial charge >= 0.3 is 0 Å². The SMILES string of the molecule is CC(=O)/C(=C\Cl)c1ncncn1. The van der Waals surface area contributed by atoms with Gasteiger partial charge in [0.15, 0.2) is 11.6 Å². The first-order chi connectivity index (χ1) is 5.75. The fraction of sp³-hybridized carbons (Fsp3) is 0.143. The molecule has 0 atom stereocenters. The lowest BCUT2D eigenvalue weighted by molar-refractivity contribution is -0.111. The number of allylic oxidation sites excluding steroid dienone is 1. The molecule has 1 aromatic rings. The van der Waals surface area contributed by atoms with E-state index in [1.807, 2.05) is 0 Å². The zero-order valence-electron chi connectivity index (χ0n) is 6.36. The molecular formula is C7H6ClN3O. The first-order valence-electron chi connectivity index (χ1n) is 3.19. The zero-order valence-corrected chi connectivity index (χ0v) is 7.12. The molecular weight excluding hydrogens is 178 g/mol. The minimum atomic E-state index is -0.170. The molecule has 4 nitrogen and oxygen atoms in total. The topological polar surface area (TPSA) is 55.7 Å². The highest BCUT2D eigenvalue weighted by Crippen LogP contribution is 2.09. The molecule has 0 spiro atoms. The van der Waals surface area contributed by atoms with Gasteiger partial charge in [0.05, 0.1) is 5.57 Å². The second-order valence-corrected chi connectivity index (χ2v) is 2.26. The van der Waals surface area contributed by atoms with Crippen molar-refractivity contribution < 1.29 is 4.79 Å². The molecule has 0 aliphatic carbocycles. The molecule has 0 bridgehead atoms. The predicted molar refractivity (Wildman–Crippen MR) is 44.3 cm³/mol. The molecule has 0 aliphatic rings. The summed E-state index contributed by atoms with van der Waals surface area (Å²) in [6.45, 7) is 1.40. The highest BCUT2D eigenvalue weighted by atomic mass is 35.5. The molecule has 0 fully saturated rings. The van der Waals surface area contributed by atoms with E-state index in [9.17, 15) is 4.79 Å². The number of rotatable bonds is 2. The van der Waals surface area contributed by atoms with Crippen LogP contribution in [0.1, 0.15) is 12.7 Å². The van der Waals surface area contributed by atoms with Gasteiger partial charge in [0.1, 0.15) is 12.7 Å². The Morgan fingerprint density at radius 1 is 1.50 bits per heavy atom. The average Bonchev–Trinajstić information content (AvgIpc) is 2.07. The number of carbonyl (C=O) groups excluding carboxylic acids is 1. The Bertz CT molecular complexity index is 310. The molecule has 1 rings (SSSR count). The summed E-state index contributed by atoms with van der Waals surface area (Å²) in [4.78, 5) is 22.1. The second-order valence-electron chi connectivity index (χ2n) is 2.04. The Labute approximate surface area is 74.3 Å². The van der Waals surface area contributed by atoms with Crippen molar-refractivity contribution in [2.45, 2.75) is 6.92 Å². The van der Waals surface area contributed by atoms with Crippen LogP contribution in [0.3, 0.4) is 0 Å². The third-order valence-corrected chi connectivity index (χ3v) is 1.44. The van der Waals surface area contributed by atoms with Crippen molar-refractivity contribution in [3.63, 3.8) is 0 Å². The molecule has 0 aromatic carbocycles. The lowest BCUT2D eigenvalue weighted by Crippen LogP contribution is -2.00. The summed E-state index contributed by atoms with van der Waals surface area (Å²) < 4.78 is 0. The maximum absolute atomic E-state index is 10.9. The van der Waals surface area contributed by atoms with Crippen molar-refractivity contribution in [1.82, 2.24) is 15.0 Å². The first-order valence-corrected chi connectivity index (χ1v) is 3.63. The summed E-state index contributed by atoms with van der Waals surface area (Å²) in [5.41, 5.74) is 1.46. The molecule has 1 heterocycles. The maximum Gasteiger partial charge on any atom is 0.167 e. The van der Waals surface area contributed by atoms with Crippen LogP contribution in [0.4, 0.5) is 0 Å². The van der Waals surface area contributed by atoms with Gasteiger partial charge in [-0.3, -0.25) is 4.79 Å². The van der Waals surface area contributed by atoms with Crippen molar-refractivity contribution in [2.24, 2.45) is 0 Å². The van der Waals surface area contributed by atoms with E-state index in [1.165, 1.54) is 19.6 Å². The number of nitrogens with zero attached hydrogens (tertiary/aromatic N) is 3. The van der Waals surface area contributed by atoms with Crippen LogP contribution in [-0.2, 0) is 4.79 Å². The quantitative estimate of drug-likeness (QED) is 0.643. The number of Topliss-reactive ketones (excluding diaryl/α,β-unsaturated/α-hetero) is 1. The summed E-state index contributed by atoms with van der Waals surface area (Å²) in [7, 11) is 0. The number of hydrogen-bond acceptors (Lipinski definition) is 4. The summed E-state index contributed by atoms with van der Waals surface area (Å²) in [5, 5.41) is 0. The third-order valence-electron chi connectivity index (χ3n) is 1.22. The number of ketones is 1. The standard InChI is InChI=1S/C7H6ClN3O/c1-5(12)6(2-8)7-10-3-9-4-11-7/h2-4H,1H3/b6-2+. The van der Waals surface area contributed by atoms with E-state index < -0.39 is 0 Å². The van der Waals surface area contributed by atoms with Crippen LogP contribution in [-0.4, -0.2) is 20.7 Å². The van der Waals surface area contributed by atoms with Gasteiger partial charge in [-0.05, 0) is 6.92 Å². The van der Waals surface area contributed by atoms with Crippen LogP contribution in [0.15, 0.2) is 18.2 Å². The van der Waals surface area contributed by atoms with Crippen molar-refractivity contribution in [1.29, 1.82) is 0 Å². The molecule has 0 N–H and O–H groups in total. The summed E-state index contributed by atoms with van der Waals surface area (Å²) >= 11 is 5.41. The van der Waals surface area contributed by atoms with E-state index in [0.717, 1.165) is 5.54 Å². The summed E-state index contributed by atoms with van der Waals surface area (Å²) in [5.74, 6) is 0.128. The van der Waals surface area contributed by atoms with Crippen LogP contribution in [0, 0.1) is 0 Å². The van der Waals surface area contributed by atoms with Gasteiger partial charge in [0.25, 0.3) is 0 Å². The van der Waals surface area contributed by atoms with Gasteiger partial charge in [-0.2, -0.15) is 0 Å². The molecule has 12 heavy (non-hydrogen) atoms. The van der Waals surface area contributed by atoms with Crippen LogP contribution >= 0.6 is 11.6 Å². The Morgan fingerprint density at radius 3 is 2.50 bits per heavy atom. The maximum atomic E-state index is 10.9. The van der Waals surface area contributed by atoms with E-state index in [0.29, 0.717) is 11.4 Å². The molecule has 5 heteroatoms. The average molecular weight is 184 g/mol. The van der Waals surface area contributed by atoms with Crippen molar-refractivity contribution in [3.05, 3.63) is 24.0 Å². The van der Waals surface area contributed by atoms with E-state index in [2.05, 4.69) is 15.0 Å². The van der Waals surface area contributed by atoms with Gasteiger partial charge in [0.2, 0.25) is 0 Å². The fourth-order valence-electron chi connectivity index (χ4n) is 0.661. The van der Waals surface area contributed by atoms with Crippen LogP contribution in [0.2, 0.25) is 0 Å². The Kier molecular flexibility index (Phi) is 2.88. The second kappa shape index (κ2) is 3.92. The molecule has 1 aromatic heterocycles. The van der Waals surface area contributed by atoms with Crippen LogP contribution < -0.4 is 0 Å². The Morgan fingerprint density at radius 2 is 2.08 bits per heavy atom. The number of halogens is 1. The minimum Gasteiger partial charge on any atom is -0.294 e. The first kappa shape index (κ1) is 8.80. The normalized spacial score (nSPS) is 11.3. The van der Waals surface area contributed by atoms with Crippen LogP contribution in [0.25, 0.3) is 5.57 Å². The van der Waals surface area contributed by atoms with Gasteiger partial charge < -0.3 is 0 Å². The van der Waals surface area contributed by atoms with E-state index in [1.54, 1.807) is 0 Å². The van der Waals surface area contributed by atoms with Crippen molar-refractivity contribution in [3.8, 4) is 0 Å². The van der Waals surface area contributed by atoms with Gasteiger partial charge in [-0.25, -0.2) is 15.0 Å². The summed E-state index contributed by atoms with van der Waals surface area (Å²) in [6, 6.07) is 0. The monoisotopic (exact) mass is 183 g/mol. The van der Waals surface area contributed by atoms with E-state index in [4.69, 9.17) is 11.6 Å². The molecule has 0 saturated heterocycles. The molecule has 0 amide bonds. The molecule has 0 aliphatic heterocycles. The predicted octanol–water partition coefficient (Wildman–Crippen LogP) is 1.04. The lowest BCUT2D eigenvalue weighted by Gasteiger charge is -1.97. The van der Waals surface area contributed by atoms with Gasteiger partial charge in [-0.15, -0.1) is 0 Å². The Balaban J connectivity index is 3.05. The van der Waals surface area contributed by atoms with Crippen molar-refractivity contribution >= 4 is 23.0 Å². The summed E-state index contributed by atoms with van der Waals surface area (Å²) in [6.07, 6.45) is 2.62. The van der Waals surface area contributed by atoms with Crippen LogP contribution in [0.5, 0.6) is 0 Å². The zero-order chi connectivity index (χ0) is 8.97. The van der Waals surface area contributed by atoms with Gasteiger partial charge in [0, 0.05) is 5.54 Å². The lowest BCUT2D eigenvalue weighted by atomic mass is 10.2. The highest BCUT2D eigenvalue weighted by Gasteiger charge is 2.08. The smallest absolute Gasteiger partial charge is 0.167 e. The third kappa shape index (κ3) is 1.85. The molecule has 62 valence electrons. The van der Waals surface area contributed by atoms with Gasteiger partial charge in [-0.1, -0.05) is 11.6 Å². The van der Waals surface area contributed by atoms with E-state index in [-0.39, 0.29) is 5.78 Å². The molecule has 0 unspecified atom stereocenters. The van der Waals surface area contributed by atoms with Crippen molar-refractivity contribution in [2.75, 3.05) is 0 Å². The number of aromatic nitrogens is 3. The number of hydrogen-bond donors (Lipinski definition) is 0.